The van der Waals surface area contributed by atoms with E-state index in [-0.39, 0.29) is 0 Å². The first-order valence-electron chi connectivity index (χ1n) is 4.16. The first-order valence-corrected chi connectivity index (χ1v) is 4.16. The number of hydrogen-bond acceptors (Lipinski definition) is 2. The van der Waals surface area contributed by atoms with Gasteiger partial charge in [-0.25, -0.2) is 4.98 Å². The first kappa shape index (κ1) is 7.86. The van der Waals surface area contributed by atoms with Crippen molar-refractivity contribution in [2.75, 3.05) is 5.84 Å². The zero-order valence-corrected chi connectivity index (χ0v) is 7.22. The molecule has 1 aromatic carbocycles. The van der Waals surface area contributed by atoms with Gasteiger partial charge in [0.1, 0.15) is 6.33 Å². The summed E-state index contributed by atoms with van der Waals surface area (Å²) < 4.78 is 1.55. The van der Waals surface area contributed by atoms with E-state index in [2.05, 4.69) is 17.1 Å². The highest BCUT2D eigenvalue weighted by atomic mass is 15.3. The van der Waals surface area contributed by atoms with Crippen LogP contribution >= 0.6 is 0 Å². The lowest BCUT2D eigenvalue weighted by Crippen LogP contribution is -2.10. The van der Waals surface area contributed by atoms with E-state index in [9.17, 15) is 0 Å². The fraction of sp³-hybridized carbons (Fsp3) is 0.100. The second-order valence-electron chi connectivity index (χ2n) is 2.95. The van der Waals surface area contributed by atoms with Gasteiger partial charge in [0.05, 0.1) is 11.9 Å². The van der Waals surface area contributed by atoms with Crippen molar-refractivity contribution in [1.82, 2.24) is 9.66 Å². The molecule has 2 N–H and O–H groups in total. The molecule has 0 bridgehead atoms. The molecular weight excluding hydrogens is 162 g/mol. The molecule has 1 aromatic heterocycles. The molecule has 0 atom stereocenters. The number of nitrogens with zero attached hydrogens (tertiary/aromatic N) is 2. The number of imidazole rings is 1. The van der Waals surface area contributed by atoms with Crippen molar-refractivity contribution in [3.63, 3.8) is 0 Å². The van der Waals surface area contributed by atoms with Crippen LogP contribution in [0.5, 0.6) is 0 Å². The molecule has 0 amide bonds. The summed E-state index contributed by atoms with van der Waals surface area (Å²) in [6.45, 7) is 0. The lowest BCUT2D eigenvalue weighted by molar-refractivity contribution is 0.910. The van der Waals surface area contributed by atoms with E-state index in [0.29, 0.717) is 0 Å². The highest BCUT2D eigenvalue weighted by Crippen LogP contribution is 2.06. The summed E-state index contributed by atoms with van der Waals surface area (Å²) in [7, 11) is 0. The average Bonchev–Trinajstić information content (AvgIpc) is 2.54. The normalized spacial score (nSPS) is 10.2. The Labute approximate surface area is 76.8 Å². The maximum Gasteiger partial charge on any atom is 0.114 e. The molecule has 0 fully saturated rings. The average molecular weight is 173 g/mol. The minimum absolute atomic E-state index is 0.831. The first-order chi connectivity index (χ1) is 6.36. The van der Waals surface area contributed by atoms with Crippen LogP contribution in [0, 0.1) is 0 Å². The molecule has 1 heterocycles. The summed E-state index contributed by atoms with van der Waals surface area (Å²) in [5, 5.41) is 0. The van der Waals surface area contributed by atoms with E-state index in [1.807, 2.05) is 18.2 Å². The van der Waals surface area contributed by atoms with E-state index in [1.54, 1.807) is 17.2 Å². The third-order valence-corrected chi connectivity index (χ3v) is 1.97. The largest absolute Gasteiger partial charge is 0.338 e. The van der Waals surface area contributed by atoms with Crippen molar-refractivity contribution in [3.8, 4) is 0 Å². The third-order valence-electron chi connectivity index (χ3n) is 1.97. The van der Waals surface area contributed by atoms with Gasteiger partial charge in [0.2, 0.25) is 0 Å². The molecule has 0 aliphatic carbocycles. The predicted octanol–water partition coefficient (Wildman–Crippen LogP) is 1.19. The van der Waals surface area contributed by atoms with Crippen molar-refractivity contribution in [1.29, 1.82) is 0 Å². The van der Waals surface area contributed by atoms with Crippen molar-refractivity contribution >= 4 is 0 Å². The number of benzene rings is 1. The Morgan fingerprint density at radius 3 is 2.62 bits per heavy atom. The van der Waals surface area contributed by atoms with Gasteiger partial charge in [-0.3, -0.25) is 4.68 Å². The molecule has 0 saturated heterocycles. The van der Waals surface area contributed by atoms with Gasteiger partial charge in [0, 0.05) is 6.42 Å². The van der Waals surface area contributed by atoms with E-state index < -0.39 is 0 Å². The van der Waals surface area contributed by atoms with Crippen LogP contribution in [-0.2, 0) is 6.42 Å². The van der Waals surface area contributed by atoms with Crippen LogP contribution in [0.15, 0.2) is 42.9 Å². The van der Waals surface area contributed by atoms with Crippen molar-refractivity contribution < 1.29 is 0 Å². The van der Waals surface area contributed by atoms with E-state index >= 15 is 0 Å². The molecule has 3 heteroatoms. The Hall–Kier alpha value is -1.77. The summed E-state index contributed by atoms with van der Waals surface area (Å²) >= 11 is 0. The molecule has 0 saturated carbocycles. The lowest BCUT2D eigenvalue weighted by atomic mass is 10.1. The molecular formula is C10H11N3. The van der Waals surface area contributed by atoms with Gasteiger partial charge in [0.25, 0.3) is 0 Å². The Kier molecular flexibility index (Phi) is 2.00. The van der Waals surface area contributed by atoms with Crippen molar-refractivity contribution in [3.05, 3.63) is 54.1 Å². The quantitative estimate of drug-likeness (QED) is 0.693. The summed E-state index contributed by atoms with van der Waals surface area (Å²) in [4.78, 5) is 3.96. The Morgan fingerprint density at radius 1 is 1.23 bits per heavy atom. The second kappa shape index (κ2) is 3.31. The summed E-state index contributed by atoms with van der Waals surface area (Å²) in [5.74, 6) is 5.64. The summed E-state index contributed by atoms with van der Waals surface area (Å²) in [6, 6.07) is 10.2. The predicted molar refractivity (Wildman–Crippen MR) is 51.6 cm³/mol. The molecule has 2 aromatic rings. The smallest absolute Gasteiger partial charge is 0.114 e. The molecule has 0 spiro atoms. The van der Waals surface area contributed by atoms with Crippen LogP contribution in [0.3, 0.4) is 0 Å². The Bertz CT molecular complexity index is 378. The summed E-state index contributed by atoms with van der Waals surface area (Å²) in [6.07, 6.45) is 4.22. The van der Waals surface area contributed by atoms with Crippen LogP contribution in [-0.4, -0.2) is 9.66 Å². The van der Waals surface area contributed by atoms with Crippen LogP contribution in [0.4, 0.5) is 0 Å². The van der Waals surface area contributed by atoms with E-state index in [1.165, 1.54) is 5.56 Å². The molecule has 66 valence electrons. The maximum absolute atomic E-state index is 5.64. The second-order valence-corrected chi connectivity index (χ2v) is 2.95. The van der Waals surface area contributed by atoms with Crippen molar-refractivity contribution in [2.45, 2.75) is 6.42 Å². The molecule has 3 nitrogen and oxygen atoms in total. The fourth-order valence-corrected chi connectivity index (χ4v) is 1.27. The Morgan fingerprint density at radius 2 is 2.00 bits per heavy atom. The number of hydrogen-bond donors (Lipinski definition) is 1. The number of nitrogen functional groups attached to an aromatic ring is 1. The minimum Gasteiger partial charge on any atom is -0.338 e. The van der Waals surface area contributed by atoms with Gasteiger partial charge in [-0.1, -0.05) is 30.3 Å². The summed E-state index contributed by atoms with van der Waals surface area (Å²) in [5.41, 5.74) is 2.26. The van der Waals surface area contributed by atoms with E-state index in [0.717, 1.165) is 12.1 Å². The highest BCUT2D eigenvalue weighted by molar-refractivity contribution is 5.20. The van der Waals surface area contributed by atoms with Crippen LogP contribution in [0.25, 0.3) is 0 Å². The molecule has 13 heavy (non-hydrogen) atoms. The number of rotatable bonds is 2. The molecule has 2 rings (SSSR count). The van der Waals surface area contributed by atoms with Gasteiger partial charge < -0.3 is 5.84 Å². The lowest BCUT2D eigenvalue weighted by Gasteiger charge is -2.01. The topological polar surface area (TPSA) is 43.8 Å². The standard InChI is InChI=1S/C10H11N3/c11-13-8-12-7-10(13)6-9-4-2-1-3-5-9/h1-5,7-8H,6,11H2. The Balaban J connectivity index is 2.20. The van der Waals surface area contributed by atoms with Crippen molar-refractivity contribution in [2.24, 2.45) is 0 Å². The van der Waals surface area contributed by atoms with Gasteiger partial charge in [-0.05, 0) is 5.56 Å². The van der Waals surface area contributed by atoms with Gasteiger partial charge in [-0.15, -0.1) is 0 Å². The molecule has 0 aliphatic heterocycles. The number of nitrogens with two attached hydrogens (primary N) is 1. The SMILES string of the molecule is Nn1cncc1Cc1ccccc1. The minimum atomic E-state index is 0.831. The molecule has 0 aliphatic rings. The highest BCUT2D eigenvalue weighted by Gasteiger charge is 1.99. The van der Waals surface area contributed by atoms with E-state index in [4.69, 9.17) is 5.84 Å². The monoisotopic (exact) mass is 173 g/mol. The van der Waals surface area contributed by atoms with Crippen LogP contribution in [0.1, 0.15) is 11.3 Å². The van der Waals surface area contributed by atoms with Gasteiger partial charge >= 0.3 is 0 Å². The van der Waals surface area contributed by atoms with Crippen LogP contribution < -0.4 is 5.84 Å². The third kappa shape index (κ3) is 1.69. The number of aromatic nitrogens is 2. The van der Waals surface area contributed by atoms with Gasteiger partial charge in [-0.2, -0.15) is 0 Å². The van der Waals surface area contributed by atoms with Crippen LogP contribution in [0.2, 0.25) is 0 Å². The molecule has 0 unspecified atom stereocenters. The zero-order chi connectivity index (χ0) is 9.10. The van der Waals surface area contributed by atoms with Gasteiger partial charge in [0.15, 0.2) is 0 Å². The molecule has 0 radical (unpaired) electrons. The zero-order valence-electron chi connectivity index (χ0n) is 7.22. The maximum atomic E-state index is 5.64. The fourth-order valence-electron chi connectivity index (χ4n) is 1.27.